The number of hydrogen-bond donors (Lipinski definition) is 4. The average molecular weight is 567 g/mol. The zero-order valence-electron chi connectivity index (χ0n) is 22.7. The molecule has 4 aromatic carbocycles. The second kappa shape index (κ2) is 8.65. The molecule has 6 atom stereocenters. The maximum atomic E-state index is 14.0. The Bertz CT molecular complexity index is 1710. The molecule has 4 saturated heterocycles. The monoisotopic (exact) mass is 566 g/mol. The van der Waals surface area contributed by atoms with Gasteiger partial charge in [-0.25, -0.2) is 0 Å². The van der Waals surface area contributed by atoms with E-state index in [4.69, 9.17) is 0 Å². The van der Waals surface area contributed by atoms with E-state index in [1.54, 1.807) is 12.1 Å². The van der Waals surface area contributed by atoms with Crippen LogP contribution >= 0.6 is 0 Å². The van der Waals surface area contributed by atoms with Crippen LogP contribution in [0.25, 0.3) is 32.7 Å². The summed E-state index contributed by atoms with van der Waals surface area (Å²) in [6, 6.07) is 16.8. The number of hydrogen-bond acceptors (Lipinski definition) is 6. The van der Waals surface area contributed by atoms with Gasteiger partial charge in [-0.3, -0.25) is 20.2 Å². The minimum absolute atomic E-state index is 0.210. The summed E-state index contributed by atoms with van der Waals surface area (Å²) in [7, 11) is 0. The maximum absolute atomic E-state index is 14.0. The Kier molecular flexibility index (Phi) is 5.25. The molecule has 2 amide bonds. The molecule has 0 unspecified atom stereocenters. The molecule has 4 aliphatic heterocycles. The Morgan fingerprint density at radius 3 is 1.50 bits per heavy atom. The fourth-order valence-electron chi connectivity index (χ4n) is 8.04. The zero-order chi connectivity index (χ0) is 29.0. The fraction of sp³-hybridized carbons (Fsp3) is 0.312. The van der Waals surface area contributed by atoms with E-state index in [0.717, 1.165) is 10.8 Å². The smallest absolute Gasteiger partial charge is 0.283 e. The highest BCUT2D eigenvalue weighted by atomic mass is 16.6. The van der Waals surface area contributed by atoms with Crippen LogP contribution in [-0.4, -0.2) is 56.5 Å². The number of hydroxylamine groups is 6. The number of aromatic hydroxyl groups is 2. The third kappa shape index (κ3) is 3.23. The third-order valence-electron chi connectivity index (χ3n) is 10.0. The van der Waals surface area contributed by atoms with Gasteiger partial charge in [0.1, 0.15) is 11.5 Å². The number of nitrogens with one attached hydrogen (secondary N) is 2. The second-order valence-electron chi connectivity index (χ2n) is 12.1. The molecule has 214 valence electrons. The number of amides is 2. The molecule has 4 fully saturated rings. The third-order valence-corrected chi connectivity index (χ3v) is 10.0. The molecule has 4 N–H and O–H groups in total. The normalized spacial score (nSPS) is 31.9. The lowest BCUT2D eigenvalue weighted by Crippen LogP contribution is -2.45. The molecule has 8 rings (SSSR count). The molecular formula is C32H30N4O6. The Hall–Kier alpha value is -4.22. The van der Waals surface area contributed by atoms with Gasteiger partial charge in [0.2, 0.25) is 0 Å². The molecule has 10 nitrogen and oxygen atoms in total. The van der Waals surface area contributed by atoms with Gasteiger partial charge < -0.3 is 29.9 Å². The van der Waals surface area contributed by atoms with Crippen LogP contribution in [0.5, 0.6) is 11.5 Å². The van der Waals surface area contributed by atoms with Crippen LogP contribution in [-0.2, 0) is 9.59 Å². The first-order valence-corrected chi connectivity index (χ1v) is 14.5. The molecule has 0 radical (unpaired) electrons. The number of rotatable bonds is 3. The highest BCUT2D eigenvalue weighted by Gasteiger charge is 2.55. The van der Waals surface area contributed by atoms with Gasteiger partial charge in [0.15, 0.2) is 24.4 Å². The van der Waals surface area contributed by atoms with E-state index in [0.29, 0.717) is 47.6 Å². The summed E-state index contributed by atoms with van der Waals surface area (Å²) in [5.41, 5.74) is 1.18. The zero-order valence-corrected chi connectivity index (χ0v) is 22.7. The molecule has 0 bridgehead atoms. The minimum Gasteiger partial charge on any atom is -0.630 e. The Balaban J connectivity index is 1.42. The van der Waals surface area contributed by atoms with Gasteiger partial charge in [-0.15, -0.1) is 0 Å². The molecule has 42 heavy (non-hydrogen) atoms. The minimum atomic E-state index is -1.00. The number of fused-ring (bicyclic) bond motifs is 4. The van der Waals surface area contributed by atoms with Crippen molar-refractivity contribution < 1.29 is 29.1 Å². The summed E-state index contributed by atoms with van der Waals surface area (Å²) in [6.07, 6.45) is 0.222. The van der Waals surface area contributed by atoms with Crippen molar-refractivity contribution in [1.82, 2.24) is 10.6 Å². The fourth-order valence-corrected chi connectivity index (χ4v) is 8.04. The summed E-state index contributed by atoms with van der Waals surface area (Å²) in [4.78, 5) is 25.7. The van der Waals surface area contributed by atoms with Gasteiger partial charge >= 0.3 is 0 Å². The molecular weight excluding hydrogens is 536 g/mol. The number of phenolic OH excluding ortho intramolecular Hbond substituents is 2. The molecule has 10 heteroatoms. The standard InChI is InChI=1S/C32H30N4O6/c37-27-21(29-33-31(39)23-11-5-13-35(23,29)41)15-17-7-1-3-9-19(17)25(27)26-20-10-4-2-8-18(20)16-22(28(26)38)30-34-32(40)24-12-6-14-36(24,30)42/h1-4,7-10,15-16,23-24,29-30,37-38H,5-6,11-14H2,(H,33,39)(H,34,40)/t23-,24-,29+,30+,35-,36-/m0/s1. The van der Waals surface area contributed by atoms with Crippen molar-refractivity contribution in [2.75, 3.05) is 13.1 Å². The number of nitrogens with zero attached hydrogens (tertiary/aromatic N) is 2. The maximum Gasteiger partial charge on any atom is 0.283 e. The number of carbonyl (C=O) groups is 2. The van der Waals surface area contributed by atoms with Crippen LogP contribution < -0.4 is 10.6 Å². The van der Waals surface area contributed by atoms with Crippen molar-refractivity contribution in [1.29, 1.82) is 0 Å². The van der Waals surface area contributed by atoms with Gasteiger partial charge in [0.25, 0.3) is 11.8 Å². The van der Waals surface area contributed by atoms with E-state index in [1.165, 1.54) is 0 Å². The first-order chi connectivity index (χ1) is 20.2. The first kappa shape index (κ1) is 25.5. The topological polar surface area (TPSA) is 145 Å². The summed E-state index contributed by atoms with van der Waals surface area (Å²) >= 11 is 0. The predicted molar refractivity (Wildman–Crippen MR) is 155 cm³/mol. The summed E-state index contributed by atoms with van der Waals surface area (Å²) in [5, 5.41) is 60.6. The molecule has 0 spiro atoms. The molecule has 0 saturated carbocycles. The summed E-state index contributed by atoms with van der Waals surface area (Å²) in [6.45, 7) is 0.511. The first-order valence-electron chi connectivity index (χ1n) is 14.5. The number of benzene rings is 4. The van der Waals surface area contributed by atoms with E-state index in [-0.39, 0.29) is 47.5 Å². The van der Waals surface area contributed by atoms with Crippen molar-refractivity contribution in [2.24, 2.45) is 0 Å². The van der Waals surface area contributed by atoms with Gasteiger partial charge in [-0.2, -0.15) is 0 Å². The Morgan fingerprint density at radius 1 is 0.667 bits per heavy atom. The second-order valence-corrected chi connectivity index (χ2v) is 12.1. The SMILES string of the molecule is O=C1N[C@@H](c2cc3ccccc3c(-c3c(O)c([C@@H]4NC(=O)[C@@H]5CCC[N@+]54[O-])cc4ccccc34)c2O)[N@+]2([O-])CCC[C@@H]12. The van der Waals surface area contributed by atoms with Crippen molar-refractivity contribution >= 4 is 33.4 Å². The Morgan fingerprint density at radius 2 is 1.07 bits per heavy atom. The molecule has 0 aliphatic carbocycles. The van der Waals surface area contributed by atoms with Gasteiger partial charge in [-0.05, 0) is 33.7 Å². The van der Waals surface area contributed by atoms with Crippen LogP contribution in [0, 0.1) is 10.4 Å². The van der Waals surface area contributed by atoms with E-state index in [2.05, 4.69) is 10.6 Å². The van der Waals surface area contributed by atoms with Crippen LogP contribution in [0.4, 0.5) is 0 Å². The van der Waals surface area contributed by atoms with Crippen LogP contribution in [0.2, 0.25) is 0 Å². The lowest BCUT2D eigenvalue weighted by Gasteiger charge is -2.43. The number of quaternary nitrogens is 2. The Labute approximate surface area is 241 Å². The van der Waals surface area contributed by atoms with Crippen molar-refractivity contribution in [3.63, 3.8) is 0 Å². The van der Waals surface area contributed by atoms with Gasteiger partial charge in [0, 0.05) is 36.8 Å². The molecule has 4 aromatic rings. The van der Waals surface area contributed by atoms with Crippen molar-refractivity contribution in [3.05, 3.63) is 82.2 Å². The van der Waals surface area contributed by atoms with Crippen molar-refractivity contribution in [2.45, 2.75) is 50.1 Å². The molecule has 4 heterocycles. The predicted octanol–water partition coefficient (Wildman–Crippen LogP) is 4.28. The van der Waals surface area contributed by atoms with Crippen LogP contribution in [0.15, 0.2) is 60.7 Å². The number of phenols is 2. The summed E-state index contributed by atoms with van der Waals surface area (Å²) in [5.74, 6) is -1.06. The van der Waals surface area contributed by atoms with E-state index in [9.17, 15) is 30.2 Å². The summed E-state index contributed by atoms with van der Waals surface area (Å²) < 4.78 is -1.55. The number of carbonyl (C=O) groups excluding carboxylic acids is 2. The highest BCUT2D eigenvalue weighted by molar-refractivity contribution is 6.10. The van der Waals surface area contributed by atoms with Crippen LogP contribution in [0.1, 0.15) is 49.1 Å². The molecule has 0 aromatic heterocycles. The lowest BCUT2D eigenvalue weighted by molar-refractivity contribution is -0.907. The highest BCUT2D eigenvalue weighted by Crippen LogP contribution is 2.53. The largest absolute Gasteiger partial charge is 0.630 e. The quantitative estimate of drug-likeness (QED) is 0.215. The van der Waals surface area contributed by atoms with Gasteiger partial charge in [-0.1, -0.05) is 48.5 Å². The lowest BCUT2D eigenvalue weighted by atomic mass is 9.87. The van der Waals surface area contributed by atoms with Gasteiger partial charge in [0.05, 0.1) is 24.2 Å². The van der Waals surface area contributed by atoms with Crippen LogP contribution in [0.3, 0.4) is 0 Å². The van der Waals surface area contributed by atoms with E-state index < -0.39 is 33.7 Å². The van der Waals surface area contributed by atoms with Crippen molar-refractivity contribution in [3.8, 4) is 22.6 Å². The van der Waals surface area contributed by atoms with E-state index >= 15 is 0 Å². The molecule has 4 aliphatic rings. The van der Waals surface area contributed by atoms with E-state index in [1.807, 2.05) is 48.5 Å². The average Bonchev–Trinajstić information content (AvgIpc) is 3.69.